The van der Waals surface area contributed by atoms with E-state index in [0.717, 1.165) is 54.8 Å². The van der Waals surface area contributed by atoms with Crippen LogP contribution >= 0.6 is 0 Å². The smallest absolute Gasteiger partial charge is 0.251 e. The molecule has 0 saturated carbocycles. The average Bonchev–Trinajstić information content (AvgIpc) is 3.10. The third-order valence-electron chi connectivity index (χ3n) is 6.39. The number of nitrogens with zero attached hydrogens (tertiary/aromatic N) is 3. The Hall–Kier alpha value is -3.15. The van der Waals surface area contributed by atoms with Gasteiger partial charge in [-0.3, -0.25) is 9.59 Å². The number of amides is 2. The van der Waals surface area contributed by atoms with Gasteiger partial charge in [0.2, 0.25) is 5.91 Å². The van der Waals surface area contributed by atoms with Crippen molar-refractivity contribution in [3.8, 4) is 11.3 Å². The number of aryl methyl sites for hydroxylation is 2. The number of carbonyl (C=O) groups is 2. The van der Waals surface area contributed by atoms with E-state index in [-0.39, 0.29) is 11.8 Å². The molecule has 6 heteroatoms. The number of aromatic nitrogens is 2. The number of fused-ring (bicyclic) bond motifs is 1. The SMILES string of the molecule is CNC(=O)c1ccc(-c2nc3cc(C)ccn3c2CC2CCN(C(C)=O)CC2)c(C)c1. The molecule has 6 nitrogen and oxygen atoms in total. The van der Waals surface area contributed by atoms with Crippen molar-refractivity contribution >= 4 is 17.5 Å². The zero-order chi connectivity index (χ0) is 22.1. The maximum Gasteiger partial charge on any atom is 0.251 e. The molecule has 0 atom stereocenters. The summed E-state index contributed by atoms with van der Waals surface area (Å²) in [6.07, 6.45) is 5.04. The van der Waals surface area contributed by atoms with E-state index in [1.165, 1.54) is 11.3 Å². The maximum atomic E-state index is 12.0. The number of benzene rings is 1. The molecule has 2 aromatic heterocycles. The number of piperidine rings is 1. The van der Waals surface area contributed by atoms with Gasteiger partial charge in [-0.05, 0) is 74.4 Å². The van der Waals surface area contributed by atoms with Crippen molar-refractivity contribution in [1.29, 1.82) is 0 Å². The summed E-state index contributed by atoms with van der Waals surface area (Å²) >= 11 is 0. The third kappa shape index (κ3) is 4.20. The van der Waals surface area contributed by atoms with Crippen LogP contribution in [0.25, 0.3) is 16.9 Å². The molecule has 4 rings (SSSR count). The number of hydrogen-bond donors (Lipinski definition) is 1. The first-order valence-electron chi connectivity index (χ1n) is 10.9. The average molecular weight is 419 g/mol. The van der Waals surface area contributed by atoms with Crippen molar-refractivity contribution in [2.45, 2.75) is 40.0 Å². The number of carbonyl (C=O) groups excluding carboxylic acids is 2. The topological polar surface area (TPSA) is 66.7 Å². The largest absolute Gasteiger partial charge is 0.355 e. The summed E-state index contributed by atoms with van der Waals surface area (Å²) in [6.45, 7) is 7.41. The highest BCUT2D eigenvalue weighted by atomic mass is 16.2. The van der Waals surface area contributed by atoms with Crippen LogP contribution in [0.4, 0.5) is 0 Å². The van der Waals surface area contributed by atoms with Crippen molar-refractivity contribution < 1.29 is 9.59 Å². The molecular weight excluding hydrogens is 388 g/mol. The molecule has 2 amide bonds. The zero-order valence-corrected chi connectivity index (χ0v) is 18.7. The summed E-state index contributed by atoms with van der Waals surface area (Å²) in [6, 6.07) is 10.0. The van der Waals surface area contributed by atoms with Gasteiger partial charge in [0, 0.05) is 44.4 Å². The summed E-state index contributed by atoms with van der Waals surface area (Å²) in [5.74, 6) is 0.593. The second-order valence-corrected chi connectivity index (χ2v) is 8.60. The number of nitrogens with one attached hydrogen (secondary N) is 1. The summed E-state index contributed by atoms with van der Waals surface area (Å²) in [5.41, 5.74) is 7.06. The lowest BCUT2D eigenvalue weighted by atomic mass is 9.90. The summed E-state index contributed by atoms with van der Waals surface area (Å²) in [7, 11) is 1.64. The Bertz CT molecular complexity index is 1140. The van der Waals surface area contributed by atoms with Crippen LogP contribution in [0.3, 0.4) is 0 Å². The van der Waals surface area contributed by atoms with Crippen LogP contribution in [-0.4, -0.2) is 46.2 Å². The normalized spacial score (nSPS) is 14.8. The van der Waals surface area contributed by atoms with Crippen LogP contribution in [0, 0.1) is 19.8 Å². The van der Waals surface area contributed by atoms with E-state index in [1.807, 2.05) is 30.0 Å². The summed E-state index contributed by atoms with van der Waals surface area (Å²) < 4.78 is 2.20. The highest BCUT2D eigenvalue weighted by Crippen LogP contribution is 2.32. The van der Waals surface area contributed by atoms with Crippen molar-refractivity contribution in [2.24, 2.45) is 5.92 Å². The highest BCUT2D eigenvalue weighted by molar-refractivity contribution is 5.95. The number of likely N-dealkylation sites (tertiary alicyclic amines) is 1. The van der Waals surface area contributed by atoms with Gasteiger partial charge in [0.05, 0.1) is 11.4 Å². The van der Waals surface area contributed by atoms with E-state index in [9.17, 15) is 9.59 Å². The third-order valence-corrected chi connectivity index (χ3v) is 6.39. The number of hydrogen-bond acceptors (Lipinski definition) is 3. The van der Waals surface area contributed by atoms with Crippen LogP contribution < -0.4 is 5.32 Å². The van der Waals surface area contributed by atoms with E-state index < -0.39 is 0 Å². The molecule has 1 aliphatic heterocycles. The van der Waals surface area contributed by atoms with Gasteiger partial charge in [0.15, 0.2) is 0 Å². The Labute approximate surface area is 183 Å². The molecule has 162 valence electrons. The molecule has 0 bridgehead atoms. The number of pyridine rings is 1. The molecule has 3 aromatic rings. The van der Waals surface area contributed by atoms with Crippen LogP contribution in [0.1, 0.15) is 46.9 Å². The molecule has 1 aromatic carbocycles. The van der Waals surface area contributed by atoms with E-state index in [2.05, 4.69) is 35.0 Å². The molecule has 0 unspecified atom stereocenters. The Morgan fingerprint density at radius 3 is 2.52 bits per heavy atom. The molecule has 0 radical (unpaired) electrons. The van der Waals surface area contributed by atoms with Crippen LogP contribution in [0.2, 0.25) is 0 Å². The molecule has 1 saturated heterocycles. The van der Waals surface area contributed by atoms with Gasteiger partial charge < -0.3 is 14.6 Å². The van der Waals surface area contributed by atoms with E-state index in [4.69, 9.17) is 4.98 Å². The minimum absolute atomic E-state index is 0.0854. The highest BCUT2D eigenvalue weighted by Gasteiger charge is 2.25. The fourth-order valence-electron chi connectivity index (χ4n) is 4.55. The van der Waals surface area contributed by atoms with Gasteiger partial charge in [0.25, 0.3) is 5.91 Å². The Balaban J connectivity index is 1.72. The molecule has 1 N–H and O–H groups in total. The summed E-state index contributed by atoms with van der Waals surface area (Å²) in [4.78, 5) is 30.7. The Kier molecular flexibility index (Phi) is 5.81. The minimum atomic E-state index is -0.0854. The van der Waals surface area contributed by atoms with Crippen LogP contribution in [0.15, 0.2) is 36.5 Å². The Morgan fingerprint density at radius 2 is 1.87 bits per heavy atom. The molecule has 1 fully saturated rings. The quantitative estimate of drug-likeness (QED) is 0.701. The fourth-order valence-corrected chi connectivity index (χ4v) is 4.55. The zero-order valence-electron chi connectivity index (χ0n) is 18.7. The number of imidazole rings is 1. The lowest BCUT2D eigenvalue weighted by molar-refractivity contribution is -0.130. The van der Waals surface area contributed by atoms with Crippen LogP contribution in [-0.2, 0) is 11.2 Å². The first-order chi connectivity index (χ1) is 14.9. The Morgan fingerprint density at radius 1 is 1.13 bits per heavy atom. The van der Waals surface area contributed by atoms with E-state index in [1.54, 1.807) is 14.0 Å². The minimum Gasteiger partial charge on any atom is -0.355 e. The molecule has 0 spiro atoms. The van der Waals surface area contributed by atoms with Gasteiger partial charge in [0.1, 0.15) is 5.65 Å². The maximum absolute atomic E-state index is 12.0. The van der Waals surface area contributed by atoms with Gasteiger partial charge in [-0.25, -0.2) is 4.98 Å². The monoisotopic (exact) mass is 418 g/mol. The number of rotatable bonds is 4. The predicted molar refractivity (Wildman–Crippen MR) is 122 cm³/mol. The van der Waals surface area contributed by atoms with Crippen molar-refractivity contribution in [1.82, 2.24) is 19.6 Å². The van der Waals surface area contributed by atoms with Crippen molar-refractivity contribution in [3.63, 3.8) is 0 Å². The van der Waals surface area contributed by atoms with Gasteiger partial charge in [-0.1, -0.05) is 6.07 Å². The first-order valence-corrected chi connectivity index (χ1v) is 10.9. The lowest BCUT2D eigenvalue weighted by Gasteiger charge is -2.31. The van der Waals surface area contributed by atoms with E-state index in [0.29, 0.717) is 11.5 Å². The van der Waals surface area contributed by atoms with E-state index >= 15 is 0 Å². The van der Waals surface area contributed by atoms with Crippen molar-refractivity contribution in [2.75, 3.05) is 20.1 Å². The van der Waals surface area contributed by atoms with Crippen molar-refractivity contribution in [3.05, 3.63) is 58.9 Å². The molecule has 1 aliphatic rings. The lowest BCUT2D eigenvalue weighted by Crippen LogP contribution is -2.37. The molecule has 3 heterocycles. The van der Waals surface area contributed by atoms with Gasteiger partial charge in [-0.15, -0.1) is 0 Å². The molecule has 0 aliphatic carbocycles. The summed E-state index contributed by atoms with van der Waals surface area (Å²) in [5, 5.41) is 2.69. The predicted octanol–water partition coefficient (Wildman–Crippen LogP) is 3.78. The molecular formula is C25H30N4O2. The second-order valence-electron chi connectivity index (χ2n) is 8.60. The fraction of sp³-hybridized carbons (Fsp3) is 0.400. The van der Waals surface area contributed by atoms with Gasteiger partial charge >= 0.3 is 0 Å². The van der Waals surface area contributed by atoms with Gasteiger partial charge in [-0.2, -0.15) is 0 Å². The molecule has 31 heavy (non-hydrogen) atoms. The first kappa shape index (κ1) is 21.1. The second kappa shape index (κ2) is 8.53. The standard InChI is InChI=1S/C25H30N4O2/c1-16-7-12-29-22(15-19-8-10-28(11-9-19)18(3)30)24(27-23(29)13-16)21-6-5-20(14-17(21)2)25(31)26-4/h5-7,12-14,19H,8-11,15H2,1-4H3,(H,26,31). The van der Waals surface area contributed by atoms with Crippen LogP contribution in [0.5, 0.6) is 0 Å².